The predicted molar refractivity (Wildman–Crippen MR) is 89.5 cm³/mol. The van der Waals surface area contributed by atoms with E-state index in [1.807, 2.05) is 0 Å². The van der Waals surface area contributed by atoms with E-state index in [9.17, 15) is 22.8 Å². The van der Waals surface area contributed by atoms with Crippen LogP contribution in [0.4, 0.5) is 18.0 Å². The first kappa shape index (κ1) is 20.1. The van der Waals surface area contributed by atoms with E-state index in [2.05, 4.69) is 5.32 Å². The zero-order valence-electron chi connectivity index (χ0n) is 14.6. The molecule has 1 heterocycles. The van der Waals surface area contributed by atoms with Crippen LogP contribution in [0.25, 0.3) is 0 Å². The number of piperidine rings is 1. The van der Waals surface area contributed by atoms with E-state index in [0.717, 1.165) is 25.3 Å². The normalized spacial score (nSPS) is 15.6. The zero-order chi connectivity index (χ0) is 19.2. The van der Waals surface area contributed by atoms with Crippen LogP contribution in [0.3, 0.4) is 0 Å². The number of nitrogens with one attached hydrogen (secondary N) is 1. The molecule has 1 saturated heterocycles. The lowest BCUT2D eigenvalue weighted by Crippen LogP contribution is -2.40. The van der Waals surface area contributed by atoms with Crippen molar-refractivity contribution < 1.29 is 27.5 Å². The van der Waals surface area contributed by atoms with Crippen LogP contribution >= 0.6 is 0 Å². The van der Waals surface area contributed by atoms with Gasteiger partial charge in [0.05, 0.1) is 5.56 Å². The maximum atomic E-state index is 12.7. The molecule has 5 nitrogen and oxygen atoms in total. The lowest BCUT2D eigenvalue weighted by atomic mass is 9.90. The van der Waals surface area contributed by atoms with Crippen molar-refractivity contribution in [3.8, 4) is 0 Å². The summed E-state index contributed by atoms with van der Waals surface area (Å²) in [6, 6.07) is 5.42. The molecule has 0 aromatic heterocycles. The molecule has 1 aliphatic rings. The average molecular weight is 372 g/mol. The van der Waals surface area contributed by atoms with Crippen molar-refractivity contribution >= 4 is 12.0 Å². The van der Waals surface area contributed by atoms with Gasteiger partial charge in [0, 0.05) is 20.1 Å². The SMILES string of the molecule is CNC(=O)COC(=O)N1CCC(CCc2cccc(C(F)(F)F)c2)CC1. The lowest BCUT2D eigenvalue weighted by molar-refractivity contribution is -0.137. The van der Waals surface area contributed by atoms with Gasteiger partial charge in [-0.1, -0.05) is 18.2 Å². The highest BCUT2D eigenvalue weighted by molar-refractivity contribution is 5.79. The van der Waals surface area contributed by atoms with E-state index in [1.54, 1.807) is 11.0 Å². The molecule has 144 valence electrons. The van der Waals surface area contributed by atoms with Gasteiger partial charge in [-0.15, -0.1) is 0 Å². The number of rotatable bonds is 5. The van der Waals surface area contributed by atoms with Gasteiger partial charge < -0.3 is 15.0 Å². The number of carbonyl (C=O) groups excluding carboxylic acids is 2. The Kier molecular flexibility index (Phi) is 6.88. The van der Waals surface area contributed by atoms with Crippen molar-refractivity contribution in [2.24, 2.45) is 5.92 Å². The fourth-order valence-corrected chi connectivity index (χ4v) is 2.97. The minimum absolute atomic E-state index is 0.301. The van der Waals surface area contributed by atoms with Crippen LogP contribution in [0.15, 0.2) is 24.3 Å². The smallest absolute Gasteiger partial charge is 0.416 e. The number of nitrogens with zero attached hydrogens (tertiary/aromatic N) is 1. The quantitative estimate of drug-likeness (QED) is 0.863. The molecule has 0 spiro atoms. The topological polar surface area (TPSA) is 58.6 Å². The number of hydrogen-bond donors (Lipinski definition) is 1. The molecule has 0 atom stereocenters. The van der Waals surface area contributed by atoms with Crippen LogP contribution in [-0.4, -0.2) is 43.6 Å². The summed E-state index contributed by atoms with van der Waals surface area (Å²) in [5.41, 5.74) is 0.0518. The molecule has 0 bridgehead atoms. The van der Waals surface area contributed by atoms with Gasteiger partial charge in [-0.25, -0.2) is 4.79 Å². The van der Waals surface area contributed by atoms with Crippen molar-refractivity contribution in [1.82, 2.24) is 10.2 Å². The van der Waals surface area contributed by atoms with E-state index in [0.29, 0.717) is 31.0 Å². The number of alkyl halides is 3. The average Bonchev–Trinajstić information content (AvgIpc) is 2.64. The van der Waals surface area contributed by atoms with Crippen LogP contribution in [-0.2, 0) is 22.1 Å². The number of ether oxygens (including phenoxy) is 1. The van der Waals surface area contributed by atoms with E-state index in [-0.39, 0.29) is 12.5 Å². The van der Waals surface area contributed by atoms with Crippen LogP contribution < -0.4 is 5.32 Å². The van der Waals surface area contributed by atoms with Crippen molar-refractivity contribution in [3.63, 3.8) is 0 Å². The molecule has 8 heteroatoms. The summed E-state index contributed by atoms with van der Waals surface area (Å²) >= 11 is 0. The highest BCUT2D eigenvalue weighted by Gasteiger charge is 2.30. The Morgan fingerprint density at radius 2 is 1.96 bits per heavy atom. The first-order chi connectivity index (χ1) is 12.3. The van der Waals surface area contributed by atoms with Gasteiger partial charge in [-0.3, -0.25) is 4.79 Å². The molecule has 1 N–H and O–H groups in total. The van der Waals surface area contributed by atoms with Gasteiger partial charge in [0.25, 0.3) is 5.91 Å². The molecule has 0 saturated carbocycles. The molecule has 1 fully saturated rings. The van der Waals surface area contributed by atoms with E-state index >= 15 is 0 Å². The molecular weight excluding hydrogens is 349 g/mol. The summed E-state index contributed by atoms with van der Waals surface area (Å²) in [5, 5.41) is 2.37. The second kappa shape index (κ2) is 8.91. The van der Waals surface area contributed by atoms with Gasteiger partial charge in [0.1, 0.15) is 0 Å². The second-order valence-corrected chi connectivity index (χ2v) is 6.39. The van der Waals surface area contributed by atoms with Crippen molar-refractivity contribution in [1.29, 1.82) is 0 Å². The Morgan fingerprint density at radius 3 is 2.58 bits per heavy atom. The largest absolute Gasteiger partial charge is 0.439 e. The first-order valence-electron chi connectivity index (χ1n) is 8.58. The third-order valence-corrected chi connectivity index (χ3v) is 4.57. The van der Waals surface area contributed by atoms with Crippen molar-refractivity contribution in [3.05, 3.63) is 35.4 Å². The fourth-order valence-electron chi connectivity index (χ4n) is 2.97. The summed E-state index contributed by atoms with van der Waals surface area (Å²) < 4.78 is 43.1. The standard InChI is InChI=1S/C18H23F3N2O3/c1-22-16(24)12-26-17(25)23-9-7-13(8-10-23)5-6-14-3-2-4-15(11-14)18(19,20)21/h2-4,11,13H,5-10,12H2,1H3,(H,22,24). The molecule has 0 radical (unpaired) electrons. The van der Waals surface area contributed by atoms with Crippen molar-refractivity contribution in [2.45, 2.75) is 31.9 Å². The third kappa shape index (κ3) is 5.93. The molecular formula is C18H23F3N2O3. The Bertz CT molecular complexity index is 626. The van der Waals surface area contributed by atoms with E-state index in [4.69, 9.17) is 4.74 Å². The molecule has 1 aromatic carbocycles. The summed E-state index contributed by atoms with van der Waals surface area (Å²) in [6.45, 7) is 0.754. The Labute approximate surface area is 150 Å². The first-order valence-corrected chi connectivity index (χ1v) is 8.58. The maximum absolute atomic E-state index is 12.7. The maximum Gasteiger partial charge on any atom is 0.416 e. The Morgan fingerprint density at radius 1 is 1.27 bits per heavy atom. The number of aryl methyl sites for hydroxylation is 1. The number of carbonyl (C=O) groups is 2. The molecule has 0 unspecified atom stereocenters. The summed E-state index contributed by atoms with van der Waals surface area (Å²) in [7, 11) is 1.46. The number of halogens is 3. The minimum atomic E-state index is -4.32. The molecule has 1 aromatic rings. The monoisotopic (exact) mass is 372 g/mol. The van der Waals surface area contributed by atoms with Crippen molar-refractivity contribution in [2.75, 3.05) is 26.7 Å². The number of hydrogen-bond acceptors (Lipinski definition) is 3. The number of likely N-dealkylation sites (N-methyl/N-ethyl adjacent to an activating group) is 1. The van der Waals surface area contributed by atoms with Crippen LogP contribution in [0, 0.1) is 5.92 Å². The number of likely N-dealkylation sites (tertiary alicyclic amines) is 1. The van der Waals surface area contributed by atoms with Crippen LogP contribution in [0.2, 0.25) is 0 Å². The Balaban J connectivity index is 1.75. The third-order valence-electron chi connectivity index (χ3n) is 4.57. The summed E-state index contributed by atoms with van der Waals surface area (Å²) in [4.78, 5) is 24.5. The predicted octanol–water partition coefficient (Wildman–Crippen LogP) is 3.23. The van der Waals surface area contributed by atoms with E-state index < -0.39 is 17.8 Å². The lowest BCUT2D eigenvalue weighted by Gasteiger charge is -2.31. The van der Waals surface area contributed by atoms with Crippen LogP contribution in [0.5, 0.6) is 0 Å². The highest BCUT2D eigenvalue weighted by Crippen LogP contribution is 2.30. The second-order valence-electron chi connectivity index (χ2n) is 6.39. The zero-order valence-corrected chi connectivity index (χ0v) is 14.6. The number of benzene rings is 1. The van der Waals surface area contributed by atoms with Gasteiger partial charge in [-0.05, 0) is 43.2 Å². The minimum Gasteiger partial charge on any atom is -0.439 e. The summed E-state index contributed by atoms with van der Waals surface area (Å²) in [6.07, 6.45) is -1.93. The number of amides is 2. The van der Waals surface area contributed by atoms with Gasteiger partial charge in [0.2, 0.25) is 0 Å². The molecule has 2 rings (SSSR count). The molecule has 2 amide bonds. The molecule has 26 heavy (non-hydrogen) atoms. The van der Waals surface area contributed by atoms with Gasteiger partial charge in [-0.2, -0.15) is 13.2 Å². The Hall–Kier alpha value is -2.25. The van der Waals surface area contributed by atoms with Gasteiger partial charge >= 0.3 is 12.3 Å². The molecule has 1 aliphatic heterocycles. The highest BCUT2D eigenvalue weighted by atomic mass is 19.4. The van der Waals surface area contributed by atoms with Gasteiger partial charge in [0.15, 0.2) is 6.61 Å². The summed E-state index contributed by atoms with van der Waals surface area (Å²) in [5.74, 6) is -0.0122. The van der Waals surface area contributed by atoms with E-state index in [1.165, 1.54) is 19.2 Å². The fraction of sp³-hybridized carbons (Fsp3) is 0.556. The van der Waals surface area contributed by atoms with Crippen LogP contribution in [0.1, 0.15) is 30.4 Å². The molecule has 0 aliphatic carbocycles.